The highest BCUT2D eigenvalue weighted by molar-refractivity contribution is 5.76. The summed E-state index contributed by atoms with van der Waals surface area (Å²) in [6.45, 7) is 2.85. The maximum Gasteiger partial charge on any atom is 0.311 e. The SMILES string of the molecule is CCCCCCOc1ccccc1CC(C(=O)O)c1ccc(OC)cc1. The number of rotatable bonds is 11. The first-order valence-electron chi connectivity index (χ1n) is 9.23. The van der Waals surface area contributed by atoms with Gasteiger partial charge in [0.05, 0.1) is 19.6 Å². The fourth-order valence-electron chi connectivity index (χ4n) is 2.93. The van der Waals surface area contributed by atoms with Crippen molar-refractivity contribution in [2.45, 2.75) is 44.9 Å². The monoisotopic (exact) mass is 356 g/mol. The largest absolute Gasteiger partial charge is 0.497 e. The number of hydrogen-bond acceptors (Lipinski definition) is 3. The lowest BCUT2D eigenvalue weighted by Crippen LogP contribution is -2.15. The van der Waals surface area contributed by atoms with E-state index >= 15 is 0 Å². The van der Waals surface area contributed by atoms with Crippen LogP contribution in [-0.2, 0) is 11.2 Å². The highest BCUT2D eigenvalue weighted by Crippen LogP contribution is 2.28. The topological polar surface area (TPSA) is 55.8 Å². The molecule has 0 aliphatic carbocycles. The first-order chi connectivity index (χ1) is 12.7. The molecule has 0 radical (unpaired) electrons. The average molecular weight is 356 g/mol. The predicted molar refractivity (Wildman–Crippen MR) is 103 cm³/mol. The fraction of sp³-hybridized carbons (Fsp3) is 0.409. The van der Waals surface area contributed by atoms with Gasteiger partial charge >= 0.3 is 5.97 Å². The van der Waals surface area contributed by atoms with Gasteiger partial charge in [-0.25, -0.2) is 0 Å². The number of hydrogen-bond donors (Lipinski definition) is 1. The van der Waals surface area contributed by atoms with Crippen LogP contribution in [0.3, 0.4) is 0 Å². The molecular weight excluding hydrogens is 328 g/mol. The van der Waals surface area contributed by atoms with E-state index in [1.807, 2.05) is 36.4 Å². The Hall–Kier alpha value is -2.49. The molecule has 2 aromatic rings. The molecule has 0 aliphatic heterocycles. The number of ether oxygens (including phenoxy) is 2. The quantitative estimate of drug-likeness (QED) is 0.571. The van der Waals surface area contributed by atoms with E-state index in [1.165, 1.54) is 12.8 Å². The third-order valence-corrected chi connectivity index (χ3v) is 4.47. The van der Waals surface area contributed by atoms with Gasteiger partial charge in [-0.1, -0.05) is 56.5 Å². The van der Waals surface area contributed by atoms with Crippen LogP contribution in [0.4, 0.5) is 0 Å². The second-order valence-electron chi connectivity index (χ2n) is 6.38. The highest BCUT2D eigenvalue weighted by Gasteiger charge is 2.22. The molecule has 0 aliphatic rings. The van der Waals surface area contributed by atoms with Gasteiger partial charge in [-0.2, -0.15) is 0 Å². The normalized spacial score (nSPS) is 11.8. The van der Waals surface area contributed by atoms with Crippen LogP contribution in [-0.4, -0.2) is 24.8 Å². The van der Waals surface area contributed by atoms with Crippen LogP contribution in [0.25, 0.3) is 0 Å². The van der Waals surface area contributed by atoms with Crippen LogP contribution in [0.1, 0.15) is 49.7 Å². The number of carboxylic acid groups (broad SMARTS) is 1. The molecule has 4 heteroatoms. The van der Waals surface area contributed by atoms with E-state index in [-0.39, 0.29) is 0 Å². The van der Waals surface area contributed by atoms with Gasteiger partial charge in [0.15, 0.2) is 0 Å². The summed E-state index contributed by atoms with van der Waals surface area (Å²) in [5, 5.41) is 9.71. The summed E-state index contributed by atoms with van der Waals surface area (Å²) in [7, 11) is 1.60. The van der Waals surface area contributed by atoms with Gasteiger partial charge in [-0.3, -0.25) is 4.79 Å². The molecule has 0 heterocycles. The minimum atomic E-state index is -0.840. The molecule has 0 aromatic heterocycles. The van der Waals surface area contributed by atoms with Gasteiger partial charge in [0.25, 0.3) is 0 Å². The van der Waals surface area contributed by atoms with Gasteiger partial charge in [0.2, 0.25) is 0 Å². The van der Waals surface area contributed by atoms with E-state index in [1.54, 1.807) is 19.2 Å². The van der Waals surface area contributed by atoms with E-state index in [2.05, 4.69) is 6.92 Å². The molecule has 26 heavy (non-hydrogen) atoms. The molecule has 0 saturated carbocycles. The summed E-state index contributed by atoms with van der Waals surface area (Å²) in [5.74, 6) is 0.0381. The predicted octanol–water partition coefficient (Wildman–Crippen LogP) is 5.07. The molecular formula is C22H28O4. The molecule has 1 unspecified atom stereocenters. The summed E-state index contributed by atoms with van der Waals surface area (Å²) in [6.07, 6.45) is 4.97. The summed E-state index contributed by atoms with van der Waals surface area (Å²) in [6, 6.07) is 14.9. The van der Waals surface area contributed by atoms with Crippen LogP contribution >= 0.6 is 0 Å². The minimum absolute atomic E-state index is 0.396. The summed E-state index contributed by atoms with van der Waals surface area (Å²) in [5.41, 5.74) is 1.68. The molecule has 0 amide bonds. The molecule has 140 valence electrons. The first-order valence-corrected chi connectivity index (χ1v) is 9.23. The maximum atomic E-state index is 11.8. The molecule has 2 aromatic carbocycles. The molecule has 0 bridgehead atoms. The standard InChI is InChI=1S/C22H28O4/c1-3-4-5-8-15-26-21-10-7-6-9-18(21)16-20(22(23)24)17-11-13-19(25-2)14-12-17/h6-7,9-14,20H,3-5,8,15-16H2,1-2H3,(H,23,24). The number of benzene rings is 2. The van der Waals surface area contributed by atoms with E-state index in [4.69, 9.17) is 9.47 Å². The third-order valence-electron chi connectivity index (χ3n) is 4.47. The van der Waals surface area contributed by atoms with Crippen molar-refractivity contribution in [3.05, 3.63) is 59.7 Å². The average Bonchev–Trinajstić information content (AvgIpc) is 2.67. The fourth-order valence-corrected chi connectivity index (χ4v) is 2.93. The molecule has 0 fully saturated rings. The Morgan fingerprint density at radius 1 is 1.04 bits per heavy atom. The van der Waals surface area contributed by atoms with E-state index in [0.29, 0.717) is 18.8 Å². The maximum absolute atomic E-state index is 11.8. The molecule has 2 rings (SSSR count). The van der Waals surface area contributed by atoms with Crippen molar-refractivity contribution in [2.24, 2.45) is 0 Å². The Labute approximate surface area is 155 Å². The highest BCUT2D eigenvalue weighted by atomic mass is 16.5. The van der Waals surface area contributed by atoms with Gasteiger partial charge in [0, 0.05) is 0 Å². The van der Waals surface area contributed by atoms with Crippen molar-refractivity contribution in [1.82, 2.24) is 0 Å². The Balaban J connectivity index is 2.09. The van der Waals surface area contributed by atoms with Crippen LogP contribution in [0.15, 0.2) is 48.5 Å². The van der Waals surface area contributed by atoms with Crippen molar-refractivity contribution in [1.29, 1.82) is 0 Å². The Morgan fingerprint density at radius 2 is 1.77 bits per heavy atom. The second kappa shape index (κ2) is 10.5. The zero-order chi connectivity index (χ0) is 18.8. The number of unbranched alkanes of at least 4 members (excludes halogenated alkanes) is 3. The third kappa shape index (κ3) is 5.80. The zero-order valence-corrected chi connectivity index (χ0v) is 15.6. The lowest BCUT2D eigenvalue weighted by Gasteiger charge is -2.16. The second-order valence-corrected chi connectivity index (χ2v) is 6.38. The van der Waals surface area contributed by atoms with Crippen molar-refractivity contribution < 1.29 is 19.4 Å². The van der Waals surface area contributed by atoms with Crippen molar-refractivity contribution in [3.8, 4) is 11.5 Å². The van der Waals surface area contributed by atoms with Crippen molar-refractivity contribution in [3.63, 3.8) is 0 Å². The Bertz CT molecular complexity index is 679. The smallest absolute Gasteiger partial charge is 0.311 e. The van der Waals surface area contributed by atoms with Crippen molar-refractivity contribution >= 4 is 5.97 Å². The molecule has 0 saturated heterocycles. The van der Waals surface area contributed by atoms with Gasteiger partial charge in [0.1, 0.15) is 11.5 Å². The number of carbonyl (C=O) groups is 1. The van der Waals surface area contributed by atoms with Gasteiger partial charge in [-0.05, 0) is 42.2 Å². The molecule has 4 nitrogen and oxygen atoms in total. The Morgan fingerprint density at radius 3 is 2.42 bits per heavy atom. The number of para-hydroxylation sites is 1. The van der Waals surface area contributed by atoms with Crippen LogP contribution < -0.4 is 9.47 Å². The van der Waals surface area contributed by atoms with Crippen molar-refractivity contribution in [2.75, 3.05) is 13.7 Å². The van der Waals surface area contributed by atoms with Crippen LogP contribution in [0.5, 0.6) is 11.5 Å². The van der Waals surface area contributed by atoms with E-state index in [9.17, 15) is 9.90 Å². The number of carboxylic acids is 1. The lowest BCUT2D eigenvalue weighted by molar-refractivity contribution is -0.138. The number of methoxy groups -OCH3 is 1. The molecule has 1 N–H and O–H groups in total. The first kappa shape index (κ1) is 19.8. The summed E-state index contributed by atoms with van der Waals surface area (Å²) in [4.78, 5) is 11.8. The van der Waals surface area contributed by atoms with E-state index in [0.717, 1.165) is 29.7 Å². The number of aliphatic carboxylic acids is 1. The zero-order valence-electron chi connectivity index (χ0n) is 15.6. The van der Waals surface area contributed by atoms with Crippen LogP contribution in [0.2, 0.25) is 0 Å². The molecule has 0 spiro atoms. The summed E-state index contributed by atoms with van der Waals surface area (Å²) >= 11 is 0. The minimum Gasteiger partial charge on any atom is -0.497 e. The Kier molecular flexibility index (Phi) is 8.00. The van der Waals surface area contributed by atoms with Gasteiger partial charge < -0.3 is 14.6 Å². The van der Waals surface area contributed by atoms with Gasteiger partial charge in [-0.15, -0.1) is 0 Å². The van der Waals surface area contributed by atoms with E-state index < -0.39 is 11.9 Å². The lowest BCUT2D eigenvalue weighted by atomic mass is 9.91. The van der Waals surface area contributed by atoms with Crippen LogP contribution in [0, 0.1) is 0 Å². The summed E-state index contributed by atoms with van der Waals surface area (Å²) < 4.78 is 11.1. The molecule has 1 atom stereocenters.